The van der Waals surface area contributed by atoms with Gasteiger partial charge in [0.1, 0.15) is 6.04 Å². The summed E-state index contributed by atoms with van der Waals surface area (Å²) in [4.78, 5) is 25.0. The summed E-state index contributed by atoms with van der Waals surface area (Å²) in [5.74, 6) is -0.0444. The molecule has 2 heterocycles. The van der Waals surface area contributed by atoms with Gasteiger partial charge in [-0.1, -0.05) is 0 Å². The maximum atomic E-state index is 11.9. The SMILES string of the molecule is C[C@H]1NC(=O)CCN(CC2CCCO2)C1=O. The van der Waals surface area contributed by atoms with Crippen molar-refractivity contribution in [1.82, 2.24) is 10.2 Å². The van der Waals surface area contributed by atoms with Gasteiger partial charge < -0.3 is 15.0 Å². The van der Waals surface area contributed by atoms with E-state index in [1.165, 1.54) is 0 Å². The van der Waals surface area contributed by atoms with Crippen LogP contribution in [0, 0.1) is 0 Å². The third-order valence-corrected chi connectivity index (χ3v) is 3.12. The third kappa shape index (κ3) is 2.52. The monoisotopic (exact) mass is 226 g/mol. The highest BCUT2D eigenvalue weighted by Crippen LogP contribution is 2.15. The molecule has 2 saturated heterocycles. The number of nitrogens with one attached hydrogen (secondary N) is 1. The molecule has 1 N–H and O–H groups in total. The second-order valence-corrected chi connectivity index (χ2v) is 4.46. The first kappa shape index (κ1) is 11.4. The van der Waals surface area contributed by atoms with Crippen LogP contribution in [-0.2, 0) is 14.3 Å². The maximum Gasteiger partial charge on any atom is 0.244 e. The fraction of sp³-hybridized carbons (Fsp3) is 0.818. The van der Waals surface area contributed by atoms with E-state index in [0.29, 0.717) is 19.5 Å². The van der Waals surface area contributed by atoms with E-state index in [9.17, 15) is 9.59 Å². The van der Waals surface area contributed by atoms with E-state index < -0.39 is 6.04 Å². The van der Waals surface area contributed by atoms with Crippen molar-refractivity contribution in [3.63, 3.8) is 0 Å². The Morgan fingerprint density at radius 1 is 1.50 bits per heavy atom. The van der Waals surface area contributed by atoms with Crippen LogP contribution in [0.25, 0.3) is 0 Å². The molecule has 2 aliphatic rings. The van der Waals surface area contributed by atoms with E-state index >= 15 is 0 Å². The molecule has 2 amide bonds. The van der Waals surface area contributed by atoms with Gasteiger partial charge in [0, 0.05) is 26.1 Å². The minimum atomic E-state index is -0.406. The number of hydrogen-bond donors (Lipinski definition) is 1. The molecule has 1 unspecified atom stereocenters. The Morgan fingerprint density at radius 2 is 2.31 bits per heavy atom. The Balaban J connectivity index is 1.95. The molecule has 0 bridgehead atoms. The van der Waals surface area contributed by atoms with Crippen LogP contribution >= 0.6 is 0 Å². The molecule has 0 saturated carbocycles. The molecule has 0 aromatic carbocycles. The van der Waals surface area contributed by atoms with E-state index in [2.05, 4.69) is 5.32 Å². The van der Waals surface area contributed by atoms with Gasteiger partial charge >= 0.3 is 0 Å². The second-order valence-electron chi connectivity index (χ2n) is 4.46. The van der Waals surface area contributed by atoms with Gasteiger partial charge in [-0.25, -0.2) is 0 Å². The molecule has 5 heteroatoms. The number of hydrogen-bond acceptors (Lipinski definition) is 3. The predicted molar refractivity (Wildman–Crippen MR) is 57.8 cm³/mol. The Morgan fingerprint density at radius 3 is 3.00 bits per heavy atom. The van der Waals surface area contributed by atoms with Gasteiger partial charge in [0.05, 0.1) is 6.10 Å². The number of carbonyl (C=O) groups excluding carboxylic acids is 2. The van der Waals surface area contributed by atoms with Crippen LogP contribution in [0.1, 0.15) is 26.2 Å². The lowest BCUT2D eigenvalue weighted by Crippen LogP contribution is -2.45. The van der Waals surface area contributed by atoms with Crippen LogP contribution in [0.2, 0.25) is 0 Å². The average Bonchev–Trinajstić information content (AvgIpc) is 2.71. The molecule has 2 atom stereocenters. The Kier molecular flexibility index (Phi) is 3.43. The van der Waals surface area contributed by atoms with Crippen LogP contribution in [0.3, 0.4) is 0 Å². The van der Waals surface area contributed by atoms with E-state index in [-0.39, 0.29) is 17.9 Å². The molecular formula is C11H18N2O3. The molecule has 0 aliphatic carbocycles. The lowest BCUT2D eigenvalue weighted by atomic mass is 10.2. The summed E-state index contributed by atoms with van der Waals surface area (Å²) >= 11 is 0. The van der Waals surface area contributed by atoms with E-state index in [1.54, 1.807) is 11.8 Å². The number of rotatable bonds is 2. The van der Waals surface area contributed by atoms with E-state index in [1.807, 2.05) is 0 Å². The van der Waals surface area contributed by atoms with Gasteiger partial charge in [0.15, 0.2) is 0 Å². The van der Waals surface area contributed by atoms with Crippen molar-refractivity contribution in [3.8, 4) is 0 Å². The van der Waals surface area contributed by atoms with E-state index in [0.717, 1.165) is 19.4 Å². The summed E-state index contributed by atoms with van der Waals surface area (Å²) in [7, 11) is 0. The second kappa shape index (κ2) is 4.82. The standard InChI is InChI=1S/C11H18N2O3/c1-8-11(15)13(5-4-10(14)12-8)7-9-3-2-6-16-9/h8-9H,2-7H2,1H3,(H,12,14)/t8-,9?/m1/s1. The van der Waals surface area contributed by atoms with Crippen molar-refractivity contribution in [2.45, 2.75) is 38.3 Å². The lowest BCUT2D eigenvalue weighted by Gasteiger charge is -2.24. The molecule has 2 aliphatic heterocycles. The highest BCUT2D eigenvalue weighted by Gasteiger charge is 2.29. The molecule has 16 heavy (non-hydrogen) atoms. The molecule has 2 fully saturated rings. The molecule has 90 valence electrons. The largest absolute Gasteiger partial charge is 0.376 e. The molecular weight excluding hydrogens is 208 g/mol. The van der Waals surface area contributed by atoms with Crippen molar-refractivity contribution in [2.24, 2.45) is 0 Å². The molecule has 0 aromatic heterocycles. The third-order valence-electron chi connectivity index (χ3n) is 3.12. The van der Waals surface area contributed by atoms with Crippen LogP contribution in [0.5, 0.6) is 0 Å². The molecule has 5 nitrogen and oxygen atoms in total. The zero-order valence-electron chi connectivity index (χ0n) is 9.57. The van der Waals surface area contributed by atoms with Crippen LogP contribution in [0.4, 0.5) is 0 Å². The summed E-state index contributed by atoms with van der Waals surface area (Å²) in [5.41, 5.74) is 0. The first-order chi connectivity index (χ1) is 7.66. The minimum Gasteiger partial charge on any atom is -0.376 e. The minimum absolute atomic E-state index is 0.00125. The lowest BCUT2D eigenvalue weighted by molar-refractivity contribution is -0.134. The average molecular weight is 226 g/mol. The van der Waals surface area contributed by atoms with Crippen molar-refractivity contribution in [3.05, 3.63) is 0 Å². The fourth-order valence-corrected chi connectivity index (χ4v) is 2.21. The van der Waals surface area contributed by atoms with Gasteiger partial charge in [-0.15, -0.1) is 0 Å². The summed E-state index contributed by atoms with van der Waals surface area (Å²) in [6.07, 6.45) is 2.63. The zero-order valence-corrected chi connectivity index (χ0v) is 9.57. The molecule has 0 radical (unpaired) electrons. The van der Waals surface area contributed by atoms with Crippen molar-refractivity contribution in [1.29, 1.82) is 0 Å². The van der Waals surface area contributed by atoms with Gasteiger partial charge in [0.25, 0.3) is 0 Å². The van der Waals surface area contributed by atoms with Gasteiger partial charge in [-0.2, -0.15) is 0 Å². The highest BCUT2D eigenvalue weighted by molar-refractivity contribution is 5.89. The molecule has 2 rings (SSSR count). The summed E-state index contributed by atoms with van der Waals surface area (Å²) in [6, 6.07) is -0.406. The van der Waals surface area contributed by atoms with Gasteiger partial charge in [0.2, 0.25) is 11.8 Å². The summed E-state index contributed by atoms with van der Waals surface area (Å²) in [5, 5.41) is 2.68. The Bertz CT molecular complexity index is 287. The maximum absolute atomic E-state index is 11.9. The van der Waals surface area contributed by atoms with Crippen molar-refractivity contribution in [2.75, 3.05) is 19.7 Å². The number of nitrogens with zero attached hydrogens (tertiary/aromatic N) is 1. The first-order valence-electron chi connectivity index (χ1n) is 5.86. The normalized spacial score (nSPS) is 31.4. The Labute approximate surface area is 95.1 Å². The first-order valence-corrected chi connectivity index (χ1v) is 5.86. The summed E-state index contributed by atoms with van der Waals surface area (Å²) in [6.45, 7) is 3.65. The highest BCUT2D eigenvalue weighted by atomic mass is 16.5. The van der Waals surface area contributed by atoms with Crippen molar-refractivity contribution < 1.29 is 14.3 Å². The topological polar surface area (TPSA) is 58.6 Å². The quantitative estimate of drug-likeness (QED) is 0.715. The van der Waals surface area contributed by atoms with Crippen LogP contribution in [0.15, 0.2) is 0 Å². The summed E-state index contributed by atoms with van der Waals surface area (Å²) < 4.78 is 5.51. The van der Waals surface area contributed by atoms with Crippen LogP contribution < -0.4 is 5.32 Å². The molecule has 0 spiro atoms. The van der Waals surface area contributed by atoms with Crippen LogP contribution in [-0.4, -0.2) is 48.6 Å². The van der Waals surface area contributed by atoms with Crippen molar-refractivity contribution >= 4 is 11.8 Å². The number of amides is 2. The number of ether oxygens (including phenoxy) is 1. The zero-order chi connectivity index (χ0) is 11.5. The van der Waals surface area contributed by atoms with Gasteiger partial charge in [-0.05, 0) is 19.8 Å². The van der Waals surface area contributed by atoms with E-state index in [4.69, 9.17) is 4.74 Å². The fourth-order valence-electron chi connectivity index (χ4n) is 2.21. The predicted octanol–water partition coefficient (Wildman–Crippen LogP) is -0.0976. The number of carbonyl (C=O) groups is 2. The van der Waals surface area contributed by atoms with Gasteiger partial charge in [-0.3, -0.25) is 9.59 Å². The smallest absolute Gasteiger partial charge is 0.244 e. The Hall–Kier alpha value is -1.10. The molecule has 0 aromatic rings.